The SMILES string of the molecule is CCC1CCc2cnc(C3NC3c3ccc(-n4cnc(C)c4)c(OC)c3)nc2C2CCCCCC(C2)C1=O. The topological polar surface area (TPSA) is 91.8 Å². The van der Waals surface area contributed by atoms with Crippen LogP contribution in [-0.4, -0.2) is 32.4 Å². The number of Topliss-reactive ketones (excluding diaryl/α,β-unsaturated/α-hetero) is 1. The van der Waals surface area contributed by atoms with Crippen LogP contribution in [0.15, 0.2) is 36.9 Å². The first-order chi connectivity index (χ1) is 18.6. The molecular formula is C31H39N5O2. The first-order valence-electron chi connectivity index (χ1n) is 14.4. The van der Waals surface area contributed by atoms with Crippen molar-refractivity contribution in [3.8, 4) is 11.4 Å². The zero-order valence-electron chi connectivity index (χ0n) is 22.8. The molecule has 200 valence electrons. The van der Waals surface area contributed by atoms with Gasteiger partial charge in [0.25, 0.3) is 0 Å². The molecule has 2 bridgehead atoms. The molecule has 6 rings (SSSR count). The van der Waals surface area contributed by atoms with Crippen LogP contribution in [0.4, 0.5) is 0 Å². The van der Waals surface area contributed by atoms with Gasteiger partial charge in [-0.2, -0.15) is 0 Å². The number of nitrogens with one attached hydrogen (secondary N) is 1. The van der Waals surface area contributed by atoms with Crippen LogP contribution in [0.2, 0.25) is 0 Å². The van der Waals surface area contributed by atoms with Crippen molar-refractivity contribution in [2.75, 3.05) is 7.11 Å². The number of carbonyl (C=O) groups excluding carboxylic acids is 1. The zero-order valence-corrected chi connectivity index (χ0v) is 22.8. The monoisotopic (exact) mass is 513 g/mol. The Bertz CT molecular complexity index is 1320. The molecule has 7 nitrogen and oxygen atoms in total. The average Bonchev–Trinajstić information content (AvgIpc) is 3.60. The standard InChI is InChI=1S/C31H39N5O2/c1-4-20-10-11-24-16-32-31(35-27(24)21-8-6-5-7-9-23(14-21)30(20)37)29-28(34-29)22-12-13-25(26(15-22)38-3)36-17-19(2)33-18-36/h12-13,15-18,20-21,23,28-29,34H,4-11,14H2,1-3H3. The van der Waals surface area contributed by atoms with Gasteiger partial charge in [0.15, 0.2) is 0 Å². The molecule has 1 saturated carbocycles. The van der Waals surface area contributed by atoms with Crippen molar-refractivity contribution in [2.45, 2.75) is 89.6 Å². The lowest BCUT2D eigenvalue weighted by Crippen LogP contribution is -2.25. The van der Waals surface area contributed by atoms with Crippen LogP contribution >= 0.6 is 0 Å². The van der Waals surface area contributed by atoms with Gasteiger partial charge >= 0.3 is 0 Å². The quantitative estimate of drug-likeness (QED) is 0.423. The van der Waals surface area contributed by atoms with Gasteiger partial charge in [0.05, 0.1) is 42.6 Å². The molecule has 0 radical (unpaired) electrons. The number of ether oxygens (including phenoxy) is 1. The Morgan fingerprint density at radius 3 is 2.68 bits per heavy atom. The van der Waals surface area contributed by atoms with Crippen LogP contribution in [0.3, 0.4) is 0 Å². The molecule has 2 aliphatic carbocycles. The molecule has 38 heavy (non-hydrogen) atoms. The van der Waals surface area contributed by atoms with Crippen molar-refractivity contribution >= 4 is 5.78 Å². The van der Waals surface area contributed by atoms with E-state index in [4.69, 9.17) is 14.7 Å². The van der Waals surface area contributed by atoms with Crippen LogP contribution < -0.4 is 10.1 Å². The molecule has 7 heteroatoms. The van der Waals surface area contributed by atoms with Gasteiger partial charge in [-0.25, -0.2) is 15.0 Å². The molecule has 3 aromatic rings. The number of carbonyl (C=O) groups is 1. The molecule has 0 amide bonds. The van der Waals surface area contributed by atoms with E-state index in [2.05, 4.69) is 41.6 Å². The summed E-state index contributed by atoms with van der Waals surface area (Å²) in [6, 6.07) is 6.60. The second-order valence-electron chi connectivity index (χ2n) is 11.4. The number of aromatic nitrogens is 4. The lowest BCUT2D eigenvalue weighted by atomic mass is 9.78. The molecule has 1 N–H and O–H groups in total. The van der Waals surface area contributed by atoms with Gasteiger partial charge in [-0.3, -0.25) is 10.1 Å². The maximum Gasteiger partial charge on any atom is 0.147 e. The summed E-state index contributed by atoms with van der Waals surface area (Å²) in [7, 11) is 1.71. The van der Waals surface area contributed by atoms with Crippen molar-refractivity contribution in [1.82, 2.24) is 24.8 Å². The van der Waals surface area contributed by atoms with E-state index in [1.165, 1.54) is 36.1 Å². The number of ketones is 1. The van der Waals surface area contributed by atoms with Crippen LogP contribution in [0.5, 0.6) is 5.75 Å². The minimum atomic E-state index is 0.0911. The third kappa shape index (κ3) is 4.89. The van der Waals surface area contributed by atoms with E-state index < -0.39 is 0 Å². The van der Waals surface area contributed by atoms with Crippen molar-refractivity contribution < 1.29 is 9.53 Å². The fraction of sp³-hybridized carbons (Fsp3) is 0.548. The highest BCUT2D eigenvalue weighted by molar-refractivity contribution is 5.83. The molecule has 2 aromatic heterocycles. The second kappa shape index (κ2) is 10.6. The predicted octanol–water partition coefficient (Wildman–Crippen LogP) is 5.96. The fourth-order valence-corrected chi connectivity index (χ4v) is 6.69. The number of fused-ring (bicyclic) bond motifs is 4. The predicted molar refractivity (Wildman–Crippen MR) is 147 cm³/mol. The summed E-state index contributed by atoms with van der Waals surface area (Å²) in [6.07, 6.45) is 15.4. The normalized spacial score (nSPS) is 27.3. The maximum atomic E-state index is 13.4. The third-order valence-corrected chi connectivity index (χ3v) is 8.95. The lowest BCUT2D eigenvalue weighted by Gasteiger charge is -2.27. The number of hydrogen-bond acceptors (Lipinski definition) is 6. The molecule has 1 aromatic carbocycles. The van der Waals surface area contributed by atoms with Gasteiger partial charge in [-0.1, -0.05) is 32.3 Å². The van der Waals surface area contributed by atoms with Gasteiger partial charge in [-0.15, -0.1) is 0 Å². The summed E-state index contributed by atoms with van der Waals surface area (Å²) in [4.78, 5) is 27.9. The Morgan fingerprint density at radius 1 is 1.08 bits per heavy atom. The number of nitrogens with zero attached hydrogens (tertiary/aromatic N) is 4. The zero-order chi connectivity index (χ0) is 26.2. The Morgan fingerprint density at radius 2 is 1.92 bits per heavy atom. The molecular weight excluding hydrogens is 474 g/mol. The van der Waals surface area contributed by atoms with E-state index in [1.807, 2.05) is 24.0 Å². The van der Waals surface area contributed by atoms with E-state index in [0.29, 0.717) is 11.7 Å². The highest BCUT2D eigenvalue weighted by atomic mass is 16.5. The largest absolute Gasteiger partial charge is 0.495 e. The van der Waals surface area contributed by atoms with Crippen molar-refractivity contribution in [3.05, 3.63) is 65.3 Å². The Balaban J connectivity index is 1.27. The van der Waals surface area contributed by atoms with E-state index in [9.17, 15) is 4.79 Å². The van der Waals surface area contributed by atoms with Gasteiger partial charge in [0, 0.05) is 30.1 Å². The highest BCUT2D eigenvalue weighted by Crippen LogP contribution is 2.44. The van der Waals surface area contributed by atoms with Gasteiger partial charge < -0.3 is 9.30 Å². The molecule has 2 fully saturated rings. The average molecular weight is 514 g/mol. The highest BCUT2D eigenvalue weighted by Gasteiger charge is 2.42. The van der Waals surface area contributed by atoms with E-state index >= 15 is 0 Å². The van der Waals surface area contributed by atoms with Gasteiger partial charge in [0.1, 0.15) is 17.4 Å². The number of rotatable bonds is 5. The van der Waals surface area contributed by atoms with Crippen LogP contribution in [0, 0.1) is 18.8 Å². The number of aryl methyl sites for hydroxylation is 2. The number of hydrogen-bond donors (Lipinski definition) is 1. The molecule has 0 spiro atoms. The number of methoxy groups -OCH3 is 1. The lowest BCUT2D eigenvalue weighted by molar-refractivity contribution is -0.127. The third-order valence-electron chi connectivity index (χ3n) is 8.95. The van der Waals surface area contributed by atoms with Crippen LogP contribution in [0.25, 0.3) is 5.69 Å². The number of benzene rings is 1. The summed E-state index contributed by atoms with van der Waals surface area (Å²) in [5.74, 6) is 2.91. The molecule has 5 atom stereocenters. The minimum absolute atomic E-state index is 0.0911. The minimum Gasteiger partial charge on any atom is -0.495 e. The van der Waals surface area contributed by atoms with Crippen molar-refractivity contribution in [2.24, 2.45) is 11.8 Å². The first kappa shape index (κ1) is 25.2. The molecule has 3 aliphatic rings. The first-order valence-corrected chi connectivity index (χ1v) is 14.4. The van der Waals surface area contributed by atoms with E-state index in [1.54, 1.807) is 7.11 Å². The number of imidazole rings is 1. The molecule has 1 aliphatic heterocycles. The van der Waals surface area contributed by atoms with Gasteiger partial charge in [-0.05, 0) is 68.7 Å². The summed E-state index contributed by atoms with van der Waals surface area (Å²) < 4.78 is 7.73. The molecule has 3 heterocycles. The fourth-order valence-electron chi connectivity index (χ4n) is 6.69. The maximum absolute atomic E-state index is 13.4. The Hall–Kier alpha value is -3.06. The summed E-state index contributed by atoms with van der Waals surface area (Å²) in [6.45, 7) is 4.15. The smallest absolute Gasteiger partial charge is 0.147 e. The van der Waals surface area contributed by atoms with Crippen molar-refractivity contribution in [3.63, 3.8) is 0 Å². The summed E-state index contributed by atoms with van der Waals surface area (Å²) in [5.41, 5.74) is 5.58. The van der Waals surface area contributed by atoms with E-state index in [-0.39, 0.29) is 23.9 Å². The van der Waals surface area contributed by atoms with E-state index in [0.717, 1.165) is 61.5 Å². The Kier molecular flexibility index (Phi) is 7.04. The van der Waals surface area contributed by atoms with Crippen LogP contribution in [0.1, 0.15) is 105 Å². The summed E-state index contributed by atoms with van der Waals surface area (Å²) in [5, 5.41) is 3.61. The summed E-state index contributed by atoms with van der Waals surface area (Å²) >= 11 is 0. The second-order valence-corrected chi connectivity index (χ2v) is 11.4. The Labute approximate surface area is 225 Å². The van der Waals surface area contributed by atoms with Gasteiger partial charge in [0.2, 0.25) is 0 Å². The van der Waals surface area contributed by atoms with Crippen LogP contribution in [-0.2, 0) is 11.2 Å². The molecule has 5 unspecified atom stereocenters. The molecule has 1 saturated heterocycles. The van der Waals surface area contributed by atoms with Crippen molar-refractivity contribution in [1.29, 1.82) is 0 Å².